The van der Waals surface area contributed by atoms with Gasteiger partial charge in [0.1, 0.15) is 17.6 Å². The molecule has 0 aromatic heterocycles. The Morgan fingerprint density at radius 1 is 0.947 bits per heavy atom. The third-order valence-electron chi connectivity index (χ3n) is 6.90. The summed E-state index contributed by atoms with van der Waals surface area (Å²) in [5.41, 5.74) is 2.19. The topological polar surface area (TPSA) is 96.2 Å². The molecule has 216 valence electrons. The van der Waals surface area contributed by atoms with E-state index in [0.29, 0.717) is 43.0 Å². The Hall–Kier alpha value is -2.31. The number of carbonyl (C=O) groups is 1. The fourth-order valence-electron chi connectivity index (χ4n) is 4.41. The van der Waals surface area contributed by atoms with Gasteiger partial charge in [-0.15, -0.1) is 0 Å². The molecule has 0 saturated carbocycles. The van der Waals surface area contributed by atoms with Crippen LogP contribution in [0, 0.1) is 0 Å². The Balaban J connectivity index is 0.000000380. The first-order chi connectivity index (χ1) is 18.3. The summed E-state index contributed by atoms with van der Waals surface area (Å²) in [6.45, 7) is 4.36. The second-order valence-corrected chi connectivity index (χ2v) is 10.2. The zero-order valence-corrected chi connectivity index (χ0v) is 24.2. The van der Waals surface area contributed by atoms with E-state index in [2.05, 4.69) is 13.8 Å². The number of aromatic hydroxyl groups is 1. The Bertz CT molecular complexity index is 844. The first-order valence-corrected chi connectivity index (χ1v) is 14.5. The first kappa shape index (κ1) is 33.7. The largest absolute Gasteiger partial charge is 0.504 e. The normalized spacial score (nSPS) is 15.6. The molecule has 0 fully saturated rings. The number of aliphatic hydroxyl groups excluding tert-OH is 2. The number of allylic oxidation sites excluding steroid dienone is 2. The van der Waals surface area contributed by atoms with Crippen molar-refractivity contribution in [2.24, 2.45) is 0 Å². The predicted molar refractivity (Wildman–Crippen MR) is 155 cm³/mol. The van der Waals surface area contributed by atoms with Crippen molar-refractivity contribution < 1.29 is 29.6 Å². The molecule has 3 N–H and O–H groups in total. The van der Waals surface area contributed by atoms with Crippen LogP contribution in [0.4, 0.5) is 0 Å². The second kappa shape index (κ2) is 20.6. The summed E-state index contributed by atoms with van der Waals surface area (Å²) in [5.74, 6) is 1.56. The zero-order valence-electron chi connectivity index (χ0n) is 24.2. The number of phenols is 1. The number of phenolic OH excluding ortho intramolecular Hbond substituents is 1. The number of benzene rings is 1. The van der Waals surface area contributed by atoms with Gasteiger partial charge < -0.3 is 24.8 Å². The van der Waals surface area contributed by atoms with Gasteiger partial charge in [-0.3, -0.25) is 4.79 Å². The number of rotatable bonds is 18. The molecule has 0 spiro atoms. The fraction of sp³-hybridized carbons (Fsp3) is 0.656. The SMILES string of the molecule is CCCCCCC(=O)CCc1ccc(O)c(OC)c1.CCCCCCC(O)CCC1=CCC(O)C(OC)=C1. The molecule has 2 atom stereocenters. The van der Waals surface area contributed by atoms with Crippen LogP contribution in [-0.4, -0.2) is 47.5 Å². The van der Waals surface area contributed by atoms with Crippen LogP contribution in [0.3, 0.4) is 0 Å². The van der Waals surface area contributed by atoms with Gasteiger partial charge in [0.05, 0.1) is 20.3 Å². The maximum atomic E-state index is 11.7. The number of Topliss-reactive ketones (excluding diaryl/α,β-unsaturated/α-hetero) is 1. The van der Waals surface area contributed by atoms with E-state index in [1.165, 1.54) is 39.2 Å². The van der Waals surface area contributed by atoms with Gasteiger partial charge in [0, 0.05) is 12.8 Å². The van der Waals surface area contributed by atoms with Crippen LogP contribution in [0.2, 0.25) is 0 Å². The molecule has 1 aliphatic rings. The highest BCUT2D eigenvalue weighted by Crippen LogP contribution is 2.27. The first-order valence-electron chi connectivity index (χ1n) is 14.5. The molecular formula is C32H52O6. The maximum Gasteiger partial charge on any atom is 0.160 e. The molecule has 0 bridgehead atoms. The van der Waals surface area contributed by atoms with Gasteiger partial charge in [-0.1, -0.05) is 70.9 Å². The standard InChI is InChI=1S/C16H28O3.C16H24O3/c2*1-3-4-5-6-7-14(17)10-8-13-9-11-15(18)16(12-13)19-2/h9,12,14-15,17-18H,3-8,10-11H2,1-2H3;9,11-12,18H,3-8,10H2,1-2H3. The summed E-state index contributed by atoms with van der Waals surface area (Å²) in [7, 11) is 3.11. The van der Waals surface area contributed by atoms with Crippen LogP contribution in [0.15, 0.2) is 41.7 Å². The van der Waals surface area contributed by atoms with Crippen molar-refractivity contribution in [3.05, 3.63) is 47.2 Å². The predicted octanol–water partition coefficient (Wildman–Crippen LogP) is 7.19. The summed E-state index contributed by atoms with van der Waals surface area (Å²) in [6, 6.07) is 5.24. The molecule has 1 aromatic rings. The van der Waals surface area contributed by atoms with Gasteiger partial charge in [-0.2, -0.15) is 0 Å². The highest BCUT2D eigenvalue weighted by Gasteiger charge is 2.16. The third-order valence-corrected chi connectivity index (χ3v) is 6.90. The van der Waals surface area contributed by atoms with Crippen molar-refractivity contribution in [1.29, 1.82) is 0 Å². The van der Waals surface area contributed by atoms with E-state index in [1.807, 2.05) is 18.2 Å². The minimum Gasteiger partial charge on any atom is -0.504 e. The van der Waals surface area contributed by atoms with E-state index in [4.69, 9.17) is 9.47 Å². The van der Waals surface area contributed by atoms with E-state index in [1.54, 1.807) is 19.2 Å². The van der Waals surface area contributed by atoms with Crippen LogP contribution in [0.5, 0.6) is 11.5 Å². The van der Waals surface area contributed by atoms with Crippen LogP contribution < -0.4 is 4.74 Å². The smallest absolute Gasteiger partial charge is 0.160 e. The number of ketones is 1. The summed E-state index contributed by atoms with van der Waals surface area (Å²) in [4.78, 5) is 11.7. The molecule has 6 heteroatoms. The van der Waals surface area contributed by atoms with Crippen LogP contribution in [0.25, 0.3) is 0 Å². The number of ether oxygens (including phenoxy) is 2. The third kappa shape index (κ3) is 14.6. The number of aliphatic hydroxyl groups is 2. The van der Waals surface area contributed by atoms with Crippen LogP contribution in [0.1, 0.15) is 109 Å². The van der Waals surface area contributed by atoms with Crippen molar-refractivity contribution in [2.75, 3.05) is 14.2 Å². The van der Waals surface area contributed by atoms with E-state index in [0.717, 1.165) is 49.7 Å². The lowest BCUT2D eigenvalue weighted by atomic mass is 9.97. The highest BCUT2D eigenvalue weighted by molar-refractivity contribution is 5.78. The second-order valence-electron chi connectivity index (χ2n) is 10.2. The summed E-state index contributed by atoms with van der Waals surface area (Å²) < 4.78 is 10.2. The Morgan fingerprint density at radius 3 is 2.32 bits per heavy atom. The highest BCUT2D eigenvalue weighted by atomic mass is 16.5. The van der Waals surface area contributed by atoms with Gasteiger partial charge in [-0.05, 0) is 67.9 Å². The minimum absolute atomic E-state index is 0.136. The Labute approximate surface area is 230 Å². The van der Waals surface area contributed by atoms with Crippen LogP contribution in [-0.2, 0) is 16.0 Å². The molecule has 0 amide bonds. The Kier molecular flexibility index (Phi) is 18.3. The molecule has 2 rings (SSSR count). The lowest BCUT2D eigenvalue weighted by molar-refractivity contribution is -0.119. The molecule has 0 radical (unpaired) electrons. The van der Waals surface area contributed by atoms with E-state index in [-0.39, 0.29) is 11.9 Å². The lowest BCUT2D eigenvalue weighted by Gasteiger charge is -2.19. The van der Waals surface area contributed by atoms with E-state index >= 15 is 0 Å². The van der Waals surface area contributed by atoms with Gasteiger partial charge in [0.25, 0.3) is 0 Å². The van der Waals surface area contributed by atoms with Crippen molar-refractivity contribution >= 4 is 5.78 Å². The molecular weight excluding hydrogens is 480 g/mol. The van der Waals surface area contributed by atoms with E-state index in [9.17, 15) is 20.1 Å². The number of aryl methyl sites for hydroxylation is 1. The maximum absolute atomic E-state index is 11.7. The van der Waals surface area contributed by atoms with Crippen LogP contribution >= 0.6 is 0 Å². The monoisotopic (exact) mass is 532 g/mol. The van der Waals surface area contributed by atoms with Gasteiger partial charge in [-0.25, -0.2) is 0 Å². The fourth-order valence-corrected chi connectivity index (χ4v) is 4.41. The van der Waals surface area contributed by atoms with Crippen molar-refractivity contribution in [3.8, 4) is 11.5 Å². The van der Waals surface area contributed by atoms with Gasteiger partial charge in [0.2, 0.25) is 0 Å². The molecule has 1 aromatic carbocycles. The number of hydrogen-bond acceptors (Lipinski definition) is 6. The summed E-state index contributed by atoms with van der Waals surface area (Å²) in [5, 5.41) is 29.1. The number of hydrogen-bond donors (Lipinski definition) is 3. The zero-order chi connectivity index (χ0) is 28.2. The van der Waals surface area contributed by atoms with Crippen molar-refractivity contribution in [3.63, 3.8) is 0 Å². The molecule has 0 heterocycles. The molecule has 0 saturated heterocycles. The average Bonchev–Trinajstić information content (AvgIpc) is 2.93. The molecule has 2 unspecified atom stereocenters. The van der Waals surface area contributed by atoms with Gasteiger partial charge >= 0.3 is 0 Å². The minimum atomic E-state index is -0.507. The Morgan fingerprint density at radius 2 is 1.66 bits per heavy atom. The van der Waals surface area contributed by atoms with Crippen molar-refractivity contribution in [2.45, 2.75) is 122 Å². The number of methoxy groups -OCH3 is 2. The molecule has 0 aliphatic heterocycles. The van der Waals surface area contributed by atoms with Crippen molar-refractivity contribution in [1.82, 2.24) is 0 Å². The quantitative estimate of drug-likeness (QED) is 0.173. The summed E-state index contributed by atoms with van der Waals surface area (Å²) in [6.07, 6.45) is 17.7. The number of carbonyl (C=O) groups excluding carboxylic acids is 1. The van der Waals surface area contributed by atoms with E-state index < -0.39 is 6.10 Å². The summed E-state index contributed by atoms with van der Waals surface area (Å²) >= 11 is 0. The molecule has 38 heavy (non-hydrogen) atoms. The molecule has 1 aliphatic carbocycles. The van der Waals surface area contributed by atoms with Gasteiger partial charge in [0.15, 0.2) is 11.5 Å². The number of unbranched alkanes of at least 4 members (excludes halogenated alkanes) is 6. The average molecular weight is 533 g/mol. The molecule has 6 nitrogen and oxygen atoms in total. The lowest BCUT2D eigenvalue weighted by Crippen LogP contribution is -2.15.